The zero-order valence-electron chi connectivity index (χ0n) is 12.3. The van der Waals surface area contributed by atoms with Crippen LogP contribution in [0.25, 0.3) is 10.9 Å². The Morgan fingerprint density at radius 2 is 1.95 bits per heavy atom. The highest BCUT2D eigenvalue weighted by atomic mass is 16.3. The fourth-order valence-corrected chi connectivity index (χ4v) is 2.07. The monoisotopic (exact) mass is 274 g/mol. The van der Waals surface area contributed by atoms with E-state index in [1.807, 2.05) is 45.0 Å². The first-order valence-electron chi connectivity index (χ1n) is 6.95. The highest BCUT2D eigenvalue weighted by Crippen LogP contribution is 2.25. The number of aliphatic hydroxyl groups is 1. The summed E-state index contributed by atoms with van der Waals surface area (Å²) in [7, 11) is 0. The molecule has 20 heavy (non-hydrogen) atoms. The van der Waals surface area contributed by atoms with Gasteiger partial charge in [0.15, 0.2) is 0 Å². The molecule has 1 aromatic carbocycles. The average molecular weight is 274 g/mol. The molecule has 0 bridgehead atoms. The molecule has 0 aliphatic heterocycles. The maximum Gasteiger partial charge on any atom is 0.225 e. The number of hydrogen-bond acceptors (Lipinski definition) is 5. The van der Waals surface area contributed by atoms with Crippen LogP contribution < -0.4 is 10.6 Å². The van der Waals surface area contributed by atoms with Gasteiger partial charge in [-0.15, -0.1) is 0 Å². The number of rotatable bonds is 6. The molecule has 2 rings (SSSR count). The Morgan fingerprint density at radius 3 is 2.65 bits per heavy atom. The van der Waals surface area contributed by atoms with Crippen LogP contribution in [-0.2, 0) is 0 Å². The Morgan fingerprint density at radius 1 is 1.20 bits per heavy atom. The van der Waals surface area contributed by atoms with Gasteiger partial charge in [0, 0.05) is 24.1 Å². The zero-order chi connectivity index (χ0) is 14.6. The highest BCUT2D eigenvalue weighted by Gasteiger charge is 2.19. The van der Waals surface area contributed by atoms with Crippen molar-refractivity contribution >= 4 is 22.7 Å². The fraction of sp³-hybridized carbons (Fsp3) is 0.467. The number of aromatic nitrogens is 2. The van der Waals surface area contributed by atoms with Gasteiger partial charge in [0.1, 0.15) is 5.82 Å². The second-order valence-electron chi connectivity index (χ2n) is 5.43. The predicted octanol–water partition coefficient (Wildman–Crippen LogP) is 2.63. The topological polar surface area (TPSA) is 70.1 Å². The second kappa shape index (κ2) is 6.05. The summed E-state index contributed by atoms with van der Waals surface area (Å²) in [5.41, 5.74) is 0.677. The van der Waals surface area contributed by atoms with Crippen LogP contribution in [0.3, 0.4) is 0 Å². The molecule has 1 heterocycles. The van der Waals surface area contributed by atoms with E-state index in [9.17, 15) is 0 Å². The van der Waals surface area contributed by atoms with Crippen LogP contribution in [0, 0.1) is 0 Å². The number of anilines is 2. The molecule has 3 N–H and O–H groups in total. The van der Waals surface area contributed by atoms with Gasteiger partial charge in [-0.2, -0.15) is 4.98 Å². The molecular formula is C15H22N4O. The summed E-state index contributed by atoms with van der Waals surface area (Å²) in [6.45, 7) is 7.03. The number of para-hydroxylation sites is 1. The van der Waals surface area contributed by atoms with Gasteiger partial charge in [0.05, 0.1) is 5.52 Å². The summed E-state index contributed by atoms with van der Waals surface area (Å²) in [6.07, 6.45) is 0.655. The molecule has 1 aromatic heterocycles. The lowest BCUT2D eigenvalue weighted by Gasteiger charge is -2.27. The lowest BCUT2D eigenvalue weighted by molar-refractivity contribution is 0.260. The molecule has 0 fully saturated rings. The van der Waals surface area contributed by atoms with E-state index >= 15 is 0 Å². The Labute approximate surface area is 119 Å². The minimum atomic E-state index is -0.227. The van der Waals surface area contributed by atoms with Crippen molar-refractivity contribution < 1.29 is 5.11 Å². The Kier molecular flexibility index (Phi) is 4.39. The summed E-state index contributed by atoms with van der Waals surface area (Å²) in [6, 6.07) is 7.92. The van der Waals surface area contributed by atoms with Gasteiger partial charge in [-0.25, -0.2) is 4.98 Å². The molecule has 2 aromatic rings. The Hall–Kier alpha value is -1.88. The van der Waals surface area contributed by atoms with Crippen LogP contribution in [0.2, 0.25) is 0 Å². The first-order chi connectivity index (χ1) is 9.55. The first kappa shape index (κ1) is 14.5. The van der Waals surface area contributed by atoms with Crippen molar-refractivity contribution in [2.24, 2.45) is 0 Å². The van der Waals surface area contributed by atoms with Gasteiger partial charge in [-0.3, -0.25) is 0 Å². The molecule has 5 heteroatoms. The van der Waals surface area contributed by atoms with Crippen molar-refractivity contribution in [1.82, 2.24) is 9.97 Å². The van der Waals surface area contributed by atoms with Crippen LogP contribution >= 0.6 is 0 Å². The second-order valence-corrected chi connectivity index (χ2v) is 5.43. The number of benzene rings is 1. The van der Waals surface area contributed by atoms with Gasteiger partial charge >= 0.3 is 0 Å². The molecule has 108 valence electrons. The van der Waals surface area contributed by atoms with Crippen LogP contribution in [0.1, 0.15) is 27.2 Å². The van der Waals surface area contributed by atoms with Crippen molar-refractivity contribution in [3.8, 4) is 0 Å². The Balaban J connectivity index is 2.44. The SMILES string of the molecule is CCNc1nc(NC(C)(C)CCO)c2ccccc2n1. The van der Waals surface area contributed by atoms with Gasteiger partial charge in [-0.1, -0.05) is 12.1 Å². The van der Waals surface area contributed by atoms with Gasteiger partial charge in [0.2, 0.25) is 5.95 Å². The molecule has 0 spiro atoms. The lowest BCUT2D eigenvalue weighted by Crippen LogP contribution is -2.32. The number of fused-ring (bicyclic) bond motifs is 1. The van der Waals surface area contributed by atoms with E-state index in [4.69, 9.17) is 5.11 Å². The summed E-state index contributed by atoms with van der Waals surface area (Å²) in [5.74, 6) is 1.42. The average Bonchev–Trinajstić information content (AvgIpc) is 2.38. The van der Waals surface area contributed by atoms with Crippen LogP contribution in [0.5, 0.6) is 0 Å². The Bertz CT molecular complexity index is 583. The smallest absolute Gasteiger partial charge is 0.225 e. The molecule has 0 radical (unpaired) electrons. The van der Waals surface area contributed by atoms with E-state index in [2.05, 4.69) is 20.6 Å². The molecule has 0 aliphatic rings. The maximum atomic E-state index is 9.15. The third-order valence-electron chi connectivity index (χ3n) is 3.13. The van der Waals surface area contributed by atoms with Crippen molar-refractivity contribution in [2.75, 3.05) is 23.8 Å². The van der Waals surface area contributed by atoms with E-state index in [1.54, 1.807) is 0 Å². The largest absolute Gasteiger partial charge is 0.396 e. The predicted molar refractivity (Wildman–Crippen MR) is 83.1 cm³/mol. The number of nitrogens with zero attached hydrogens (tertiary/aromatic N) is 2. The quantitative estimate of drug-likeness (QED) is 0.755. The molecular weight excluding hydrogens is 252 g/mol. The van der Waals surface area contributed by atoms with Crippen LogP contribution in [0.4, 0.5) is 11.8 Å². The summed E-state index contributed by atoms with van der Waals surface area (Å²) in [5, 5.41) is 16.7. The zero-order valence-corrected chi connectivity index (χ0v) is 12.3. The summed E-state index contributed by atoms with van der Waals surface area (Å²) >= 11 is 0. The van der Waals surface area contributed by atoms with Crippen LogP contribution in [-0.4, -0.2) is 33.8 Å². The van der Waals surface area contributed by atoms with Gasteiger partial charge in [-0.05, 0) is 39.3 Å². The van der Waals surface area contributed by atoms with E-state index in [1.165, 1.54) is 0 Å². The van der Waals surface area contributed by atoms with E-state index < -0.39 is 0 Å². The number of nitrogens with one attached hydrogen (secondary N) is 2. The minimum absolute atomic E-state index is 0.142. The van der Waals surface area contributed by atoms with Crippen molar-refractivity contribution in [3.05, 3.63) is 24.3 Å². The maximum absolute atomic E-state index is 9.15. The van der Waals surface area contributed by atoms with E-state index in [0.717, 1.165) is 23.3 Å². The lowest BCUT2D eigenvalue weighted by atomic mass is 10.0. The van der Waals surface area contributed by atoms with Crippen molar-refractivity contribution in [2.45, 2.75) is 32.7 Å². The van der Waals surface area contributed by atoms with Crippen molar-refractivity contribution in [3.63, 3.8) is 0 Å². The van der Waals surface area contributed by atoms with E-state index in [-0.39, 0.29) is 12.1 Å². The van der Waals surface area contributed by atoms with Crippen LogP contribution in [0.15, 0.2) is 24.3 Å². The molecule has 0 amide bonds. The molecule has 0 atom stereocenters. The summed E-state index contributed by atoms with van der Waals surface area (Å²) < 4.78 is 0. The third-order valence-corrected chi connectivity index (χ3v) is 3.13. The fourth-order valence-electron chi connectivity index (χ4n) is 2.07. The highest BCUT2D eigenvalue weighted by molar-refractivity contribution is 5.90. The minimum Gasteiger partial charge on any atom is -0.396 e. The molecule has 0 saturated heterocycles. The molecule has 0 unspecified atom stereocenters. The normalized spacial score (nSPS) is 11.6. The number of aliphatic hydroxyl groups excluding tert-OH is 1. The third kappa shape index (κ3) is 3.36. The number of hydrogen-bond donors (Lipinski definition) is 3. The molecule has 0 saturated carbocycles. The van der Waals surface area contributed by atoms with Gasteiger partial charge < -0.3 is 15.7 Å². The summed E-state index contributed by atoms with van der Waals surface area (Å²) in [4.78, 5) is 9.03. The molecule has 0 aliphatic carbocycles. The standard InChI is InChI=1S/C15H22N4O/c1-4-16-14-17-12-8-6-5-7-11(12)13(18-14)19-15(2,3)9-10-20/h5-8,20H,4,9-10H2,1-3H3,(H2,16,17,18,19). The molecule has 5 nitrogen and oxygen atoms in total. The van der Waals surface area contributed by atoms with Crippen molar-refractivity contribution in [1.29, 1.82) is 0 Å². The van der Waals surface area contributed by atoms with Gasteiger partial charge in [0.25, 0.3) is 0 Å². The van der Waals surface area contributed by atoms with E-state index in [0.29, 0.717) is 12.4 Å². The first-order valence-corrected chi connectivity index (χ1v) is 6.95.